The Bertz CT molecular complexity index is 137. The van der Waals surface area contributed by atoms with Gasteiger partial charge < -0.3 is 0 Å². The second kappa shape index (κ2) is 2.42. The van der Waals surface area contributed by atoms with Crippen molar-refractivity contribution in [1.29, 1.82) is 0 Å². The van der Waals surface area contributed by atoms with Crippen molar-refractivity contribution in [2.75, 3.05) is 12.3 Å². The lowest BCUT2D eigenvalue weighted by Gasteiger charge is -2.34. The van der Waals surface area contributed by atoms with Gasteiger partial charge in [-0.05, 0) is 31.4 Å². The topological polar surface area (TPSA) is 3.01 Å². The van der Waals surface area contributed by atoms with Crippen molar-refractivity contribution < 1.29 is 0 Å². The number of nitrogens with zero attached hydrogens (tertiary/aromatic N) is 1. The minimum Gasteiger partial charge on any atom is -0.294 e. The quantitative estimate of drug-likeness (QED) is 0.478. The monoisotopic (exact) mass is 157 g/mol. The van der Waals surface area contributed by atoms with Gasteiger partial charge in [0.05, 0.1) is 0 Å². The van der Waals surface area contributed by atoms with Crippen molar-refractivity contribution in [2.45, 2.75) is 31.8 Å². The first-order valence-electron chi connectivity index (χ1n) is 4.21. The molecule has 58 valence electrons. The number of thiol groups is 1. The van der Waals surface area contributed by atoms with Gasteiger partial charge in [0.2, 0.25) is 0 Å². The number of rotatable bonds is 3. The van der Waals surface area contributed by atoms with Gasteiger partial charge >= 0.3 is 0 Å². The Kier molecular flexibility index (Phi) is 1.69. The molecular weight excluding hydrogens is 142 g/mol. The Hall–Kier alpha value is 0.310. The summed E-state index contributed by atoms with van der Waals surface area (Å²) in [6, 6.07) is 1.89. The maximum atomic E-state index is 4.22. The fourth-order valence-electron chi connectivity index (χ4n) is 2.25. The van der Waals surface area contributed by atoms with Crippen LogP contribution < -0.4 is 0 Å². The Morgan fingerprint density at radius 2 is 2.40 bits per heavy atom. The summed E-state index contributed by atoms with van der Waals surface area (Å²) in [5.74, 6) is 2.09. The van der Waals surface area contributed by atoms with Crippen LogP contribution in [-0.2, 0) is 0 Å². The summed E-state index contributed by atoms with van der Waals surface area (Å²) in [5, 5.41) is 0. The Balaban J connectivity index is 1.74. The normalized spacial score (nSPS) is 49.8. The molecule has 2 heteroatoms. The molecule has 4 unspecified atom stereocenters. The van der Waals surface area contributed by atoms with Gasteiger partial charge in [-0.15, -0.1) is 0 Å². The standard InChI is InChI=1S/C8H15NS/c1-6-7(3-2-4-10)8-5-9(6)8/h6-8,10H,2-5H2,1H3. The van der Waals surface area contributed by atoms with Crippen LogP contribution in [0.15, 0.2) is 0 Å². The van der Waals surface area contributed by atoms with E-state index in [-0.39, 0.29) is 0 Å². The van der Waals surface area contributed by atoms with Gasteiger partial charge in [-0.1, -0.05) is 0 Å². The third kappa shape index (κ3) is 0.892. The molecule has 2 aliphatic heterocycles. The molecule has 4 atom stereocenters. The molecule has 2 fully saturated rings. The first-order chi connectivity index (χ1) is 4.84. The molecule has 10 heavy (non-hydrogen) atoms. The Morgan fingerprint density at radius 3 is 2.90 bits per heavy atom. The molecule has 0 spiro atoms. The van der Waals surface area contributed by atoms with Gasteiger partial charge in [0, 0.05) is 18.6 Å². The van der Waals surface area contributed by atoms with Gasteiger partial charge in [0.1, 0.15) is 0 Å². The SMILES string of the molecule is CC1C(CCCS)C2CN12. The fraction of sp³-hybridized carbons (Fsp3) is 1.00. The van der Waals surface area contributed by atoms with Gasteiger partial charge in [0.25, 0.3) is 0 Å². The van der Waals surface area contributed by atoms with Crippen LogP contribution in [0.25, 0.3) is 0 Å². The first kappa shape index (κ1) is 6.99. The number of fused-ring (bicyclic) bond motifs is 1. The van der Waals surface area contributed by atoms with E-state index < -0.39 is 0 Å². The molecule has 0 N–H and O–H groups in total. The molecule has 1 nitrogen and oxygen atoms in total. The van der Waals surface area contributed by atoms with Crippen LogP contribution in [0.1, 0.15) is 19.8 Å². The van der Waals surface area contributed by atoms with Crippen LogP contribution in [0.5, 0.6) is 0 Å². The Labute approximate surface area is 68.2 Å². The molecule has 2 aliphatic rings. The summed E-state index contributed by atoms with van der Waals surface area (Å²) in [6.45, 7) is 3.74. The number of hydrogen-bond acceptors (Lipinski definition) is 2. The number of hydrogen-bond donors (Lipinski definition) is 1. The van der Waals surface area contributed by atoms with Crippen molar-refractivity contribution in [3.63, 3.8) is 0 Å². The molecular formula is C8H15NS. The molecule has 0 aliphatic carbocycles. The van der Waals surface area contributed by atoms with Crippen molar-refractivity contribution in [2.24, 2.45) is 5.92 Å². The van der Waals surface area contributed by atoms with Crippen LogP contribution >= 0.6 is 12.6 Å². The highest BCUT2D eigenvalue weighted by Crippen LogP contribution is 2.46. The molecule has 2 saturated heterocycles. The lowest BCUT2D eigenvalue weighted by atomic mass is 9.87. The first-order valence-corrected chi connectivity index (χ1v) is 4.84. The van der Waals surface area contributed by atoms with E-state index in [1.165, 1.54) is 19.4 Å². The van der Waals surface area contributed by atoms with E-state index in [2.05, 4.69) is 24.5 Å². The summed E-state index contributed by atoms with van der Waals surface area (Å²) in [5.41, 5.74) is 0. The average molecular weight is 157 g/mol. The summed E-state index contributed by atoms with van der Waals surface area (Å²) in [6.07, 6.45) is 2.72. The minimum absolute atomic E-state index is 0.893. The van der Waals surface area contributed by atoms with Crippen LogP contribution in [-0.4, -0.2) is 29.3 Å². The smallest absolute Gasteiger partial charge is 0.0270 e. The van der Waals surface area contributed by atoms with Crippen LogP contribution in [0, 0.1) is 5.92 Å². The molecule has 0 saturated carbocycles. The maximum absolute atomic E-state index is 4.22. The zero-order chi connectivity index (χ0) is 7.14. The predicted molar refractivity (Wildman–Crippen MR) is 46.5 cm³/mol. The molecule has 2 rings (SSSR count). The van der Waals surface area contributed by atoms with Gasteiger partial charge in [-0.2, -0.15) is 12.6 Å². The minimum atomic E-state index is 0.893. The van der Waals surface area contributed by atoms with Gasteiger partial charge in [0.15, 0.2) is 0 Å². The van der Waals surface area contributed by atoms with E-state index in [1.54, 1.807) is 0 Å². The largest absolute Gasteiger partial charge is 0.294 e. The second-order valence-corrected chi connectivity index (χ2v) is 3.98. The summed E-state index contributed by atoms with van der Waals surface area (Å²) >= 11 is 4.22. The fourth-order valence-corrected chi connectivity index (χ4v) is 2.43. The summed E-state index contributed by atoms with van der Waals surface area (Å²) in [7, 11) is 0. The lowest BCUT2D eigenvalue weighted by molar-refractivity contribution is 0.149. The molecule has 0 bridgehead atoms. The zero-order valence-electron chi connectivity index (χ0n) is 6.45. The maximum Gasteiger partial charge on any atom is 0.0270 e. The molecule has 0 aromatic rings. The highest BCUT2D eigenvalue weighted by molar-refractivity contribution is 7.80. The molecule has 0 aromatic heterocycles. The highest BCUT2D eigenvalue weighted by atomic mass is 32.1. The molecule has 0 aromatic carbocycles. The molecule has 2 heterocycles. The van der Waals surface area contributed by atoms with E-state index >= 15 is 0 Å². The van der Waals surface area contributed by atoms with Gasteiger partial charge in [-0.3, -0.25) is 4.90 Å². The van der Waals surface area contributed by atoms with Crippen LogP contribution in [0.3, 0.4) is 0 Å². The zero-order valence-corrected chi connectivity index (χ0v) is 7.35. The third-order valence-electron chi connectivity index (χ3n) is 3.02. The third-order valence-corrected chi connectivity index (χ3v) is 3.34. The van der Waals surface area contributed by atoms with Gasteiger partial charge in [-0.25, -0.2) is 0 Å². The van der Waals surface area contributed by atoms with Crippen LogP contribution in [0.2, 0.25) is 0 Å². The molecule has 0 amide bonds. The van der Waals surface area contributed by atoms with Crippen molar-refractivity contribution in [3.05, 3.63) is 0 Å². The van der Waals surface area contributed by atoms with Crippen molar-refractivity contribution >= 4 is 12.6 Å². The van der Waals surface area contributed by atoms with E-state index in [4.69, 9.17) is 0 Å². The summed E-state index contributed by atoms with van der Waals surface area (Å²) in [4.78, 5) is 2.57. The van der Waals surface area contributed by atoms with E-state index in [0.29, 0.717) is 0 Å². The van der Waals surface area contributed by atoms with Crippen LogP contribution in [0.4, 0.5) is 0 Å². The highest BCUT2D eigenvalue weighted by Gasteiger charge is 2.56. The Morgan fingerprint density at radius 1 is 1.60 bits per heavy atom. The summed E-state index contributed by atoms with van der Waals surface area (Å²) < 4.78 is 0. The van der Waals surface area contributed by atoms with E-state index in [0.717, 1.165) is 23.8 Å². The van der Waals surface area contributed by atoms with Crippen molar-refractivity contribution in [3.8, 4) is 0 Å². The lowest BCUT2D eigenvalue weighted by Crippen LogP contribution is -2.41. The average Bonchev–Trinajstić information content (AvgIpc) is 2.64. The second-order valence-electron chi connectivity index (χ2n) is 3.53. The van der Waals surface area contributed by atoms with Crippen molar-refractivity contribution in [1.82, 2.24) is 4.90 Å². The van der Waals surface area contributed by atoms with E-state index in [1.807, 2.05) is 0 Å². The predicted octanol–water partition coefficient (Wildman–Crippen LogP) is 1.40. The molecule has 0 radical (unpaired) electrons. The van der Waals surface area contributed by atoms with E-state index in [9.17, 15) is 0 Å².